The van der Waals surface area contributed by atoms with Gasteiger partial charge in [0.15, 0.2) is 5.78 Å². The van der Waals surface area contributed by atoms with Crippen molar-refractivity contribution in [1.29, 1.82) is 0 Å². The molecular formula is C9H10O3. The van der Waals surface area contributed by atoms with Gasteiger partial charge in [-0.15, -0.1) is 0 Å². The molecule has 0 saturated carbocycles. The van der Waals surface area contributed by atoms with Crippen LogP contribution in [0, 0.1) is 13.8 Å². The van der Waals surface area contributed by atoms with Gasteiger partial charge in [-0.25, -0.2) is 4.79 Å². The van der Waals surface area contributed by atoms with Crippen LogP contribution in [0.1, 0.15) is 28.4 Å². The van der Waals surface area contributed by atoms with Gasteiger partial charge in [-0.1, -0.05) is 0 Å². The highest BCUT2D eigenvalue weighted by Crippen LogP contribution is 2.09. The molecule has 0 aliphatic carbocycles. The topological polar surface area (TPSA) is 47.3 Å². The zero-order valence-corrected chi connectivity index (χ0v) is 7.30. The minimum absolute atomic E-state index is 0.0839. The molecule has 0 radical (unpaired) electrons. The van der Waals surface area contributed by atoms with Gasteiger partial charge in [-0.3, -0.25) is 4.79 Å². The molecule has 0 aliphatic rings. The first kappa shape index (κ1) is 8.71. The second-order valence-corrected chi connectivity index (χ2v) is 2.74. The third-order valence-corrected chi connectivity index (χ3v) is 1.94. The highest BCUT2D eigenvalue weighted by Gasteiger charge is 2.09. The molecule has 3 heteroatoms. The molecule has 0 spiro atoms. The standard InChI is InChI=1S/C9H10O3/c1-5-6(2)9(11)12-4-8(5)7(3)10/h4H,1-3H3. The van der Waals surface area contributed by atoms with Crippen LogP contribution < -0.4 is 5.63 Å². The molecule has 0 unspecified atom stereocenters. The predicted octanol–water partition coefficient (Wildman–Crippen LogP) is 1.46. The van der Waals surface area contributed by atoms with Crippen molar-refractivity contribution in [3.8, 4) is 0 Å². The van der Waals surface area contributed by atoms with Crippen LogP contribution in [-0.2, 0) is 0 Å². The van der Waals surface area contributed by atoms with Crippen LogP contribution in [0.2, 0.25) is 0 Å². The number of rotatable bonds is 1. The second kappa shape index (κ2) is 2.93. The molecule has 0 aliphatic heterocycles. The molecule has 0 saturated heterocycles. The molecule has 1 aromatic rings. The van der Waals surface area contributed by atoms with E-state index in [1.54, 1.807) is 13.8 Å². The van der Waals surface area contributed by atoms with Crippen molar-refractivity contribution < 1.29 is 9.21 Å². The van der Waals surface area contributed by atoms with E-state index in [4.69, 9.17) is 0 Å². The SMILES string of the molecule is CC(=O)c1coc(=O)c(C)c1C. The fraction of sp³-hybridized carbons (Fsp3) is 0.333. The van der Waals surface area contributed by atoms with Crippen LogP contribution in [0.15, 0.2) is 15.5 Å². The van der Waals surface area contributed by atoms with Crippen LogP contribution in [0.3, 0.4) is 0 Å². The Morgan fingerprint density at radius 1 is 1.33 bits per heavy atom. The number of ketones is 1. The van der Waals surface area contributed by atoms with E-state index in [-0.39, 0.29) is 11.4 Å². The lowest BCUT2D eigenvalue weighted by Crippen LogP contribution is -2.09. The Hall–Kier alpha value is -1.38. The van der Waals surface area contributed by atoms with Gasteiger partial charge >= 0.3 is 5.63 Å². The third kappa shape index (κ3) is 1.30. The van der Waals surface area contributed by atoms with Gasteiger partial charge in [0, 0.05) is 5.56 Å². The first-order valence-electron chi connectivity index (χ1n) is 3.64. The molecule has 0 bridgehead atoms. The Labute approximate surface area is 70.0 Å². The summed E-state index contributed by atoms with van der Waals surface area (Å²) in [4.78, 5) is 21.9. The normalized spacial score (nSPS) is 9.92. The third-order valence-electron chi connectivity index (χ3n) is 1.94. The van der Waals surface area contributed by atoms with Crippen molar-refractivity contribution in [3.63, 3.8) is 0 Å². The van der Waals surface area contributed by atoms with E-state index in [0.717, 1.165) is 0 Å². The maximum Gasteiger partial charge on any atom is 0.338 e. The zero-order valence-electron chi connectivity index (χ0n) is 7.30. The number of hydrogen-bond acceptors (Lipinski definition) is 3. The smallest absolute Gasteiger partial charge is 0.338 e. The summed E-state index contributed by atoms with van der Waals surface area (Å²) in [6.07, 6.45) is 1.22. The lowest BCUT2D eigenvalue weighted by atomic mass is 10.1. The Morgan fingerprint density at radius 2 is 1.92 bits per heavy atom. The van der Waals surface area contributed by atoms with Gasteiger partial charge in [-0.05, 0) is 26.3 Å². The lowest BCUT2D eigenvalue weighted by Gasteiger charge is -2.01. The molecule has 0 amide bonds. The average molecular weight is 166 g/mol. The summed E-state index contributed by atoms with van der Waals surface area (Å²) in [6, 6.07) is 0. The number of Topliss-reactive ketones (excluding diaryl/α,β-unsaturated/α-hetero) is 1. The van der Waals surface area contributed by atoms with E-state index in [9.17, 15) is 9.59 Å². The largest absolute Gasteiger partial charge is 0.430 e. The Kier molecular flexibility index (Phi) is 2.13. The van der Waals surface area contributed by atoms with E-state index in [1.165, 1.54) is 13.2 Å². The Balaban J connectivity index is 3.47. The average Bonchev–Trinajstić information content (AvgIpc) is 2.00. The van der Waals surface area contributed by atoms with Crippen molar-refractivity contribution in [2.24, 2.45) is 0 Å². The van der Waals surface area contributed by atoms with Crippen molar-refractivity contribution in [2.75, 3.05) is 0 Å². The van der Waals surface area contributed by atoms with Crippen LogP contribution in [0.25, 0.3) is 0 Å². The summed E-state index contributed by atoms with van der Waals surface area (Å²) in [6.45, 7) is 4.83. The van der Waals surface area contributed by atoms with Gasteiger partial charge in [0.1, 0.15) is 6.26 Å². The van der Waals surface area contributed by atoms with Crippen molar-refractivity contribution >= 4 is 5.78 Å². The fourth-order valence-corrected chi connectivity index (χ4v) is 0.991. The summed E-state index contributed by atoms with van der Waals surface area (Å²) in [5.41, 5.74) is 1.31. The van der Waals surface area contributed by atoms with E-state index in [0.29, 0.717) is 16.7 Å². The van der Waals surface area contributed by atoms with Gasteiger partial charge in [-0.2, -0.15) is 0 Å². The van der Waals surface area contributed by atoms with Gasteiger partial charge in [0.2, 0.25) is 0 Å². The molecule has 12 heavy (non-hydrogen) atoms. The van der Waals surface area contributed by atoms with Crippen molar-refractivity contribution in [1.82, 2.24) is 0 Å². The zero-order chi connectivity index (χ0) is 9.30. The minimum Gasteiger partial charge on any atom is -0.430 e. The van der Waals surface area contributed by atoms with Crippen LogP contribution in [-0.4, -0.2) is 5.78 Å². The Morgan fingerprint density at radius 3 is 2.42 bits per heavy atom. The summed E-state index contributed by atoms with van der Waals surface area (Å²) < 4.78 is 4.65. The molecular weight excluding hydrogens is 156 g/mol. The number of carbonyl (C=O) groups excluding carboxylic acids is 1. The van der Waals surface area contributed by atoms with Crippen LogP contribution in [0.4, 0.5) is 0 Å². The molecule has 1 rings (SSSR count). The monoisotopic (exact) mass is 166 g/mol. The summed E-state index contributed by atoms with van der Waals surface area (Å²) in [7, 11) is 0. The van der Waals surface area contributed by atoms with Gasteiger partial charge in [0.05, 0.1) is 5.56 Å². The molecule has 1 aromatic heterocycles. The molecule has 0 atom stereocenters. The van der Waals surface area contributed by atoms with Crippen LogP contribution in [0.5, 0.6) is 0 Å². The fourth-order valence-electron chi connectivity index (χ4n) is 0.991. The first-order valence-corrected chi connectivity index (χ1v) is 3.64. The first-order chi connectivity index (χ1) is 5.54. The second-order valence-electron chi connectivity index (χ2n) is 2.74. The molecule has 0 fully saturated rings. The Bertz CT molecular complexity index is 374. The molecule has 64 valence electrons. The number of carbonyl (C=O) groups is 1. The van der Waals surface area contributed by atoms with Gasteiger partial charge in [0.25, 0.3) is 0 Å². The molecule has 0 aromatic carbocycles. The van der Waals surface area contributed by atoms with Crippen molar-refractivity contribution in [2.45, 2.75) is 20.8 Å². The molecule has 0 N–H and O–H groups in total. The lowest BCUT2D eigenvalue weighted by molar-refractivity contribution is 0.101. The quantitative estimate of drug-likeness (QED) is 0.593. The van der Waals surface area contributed by atoms with E-state index < -0.39 is 0 Å². The molecule has 1 heterocycles. The van der Waals surface area contributed by atoms with E-state index in [1.807, 2.05) is 0 Å². The molecule has 3 nitrogen and oxygen atoms in total. The van der Waals surface area contributed by atoms with Gasteiger partial charge < -0.3 is 4.42 Å². The summed E-state index contributed by atoms with van der Waals surface area (Å²) in [5.74, 6) is -0.0839. The summed E-state index contributed by atoms with van der Waals surface area (Å²) in [5, 5.41) is 0. The highest BCUT2D eigenvalue weighted by atomic mass is 16.4. The van der Waals surface area contributed by atoms with E-state index in [2.05, 4.69) is 4.42 Å². The maximum absolute atomic E-state index is 11.0. The number of hydrogen-bond donors (Lipinski definition) is 0. The van der Waals surface area contributed by atoms with Crippen LogP contribution >= 0.6 is 0 Å². The maximum atomic E-state index is 11.0. The summed E-state index contributed by atoms with van der Waals surface area (Å²) >= 11 is 0. The highest BCUT2D eigenvalue weighted by molar-refractivity contribution is 5.95. The van der Waals surface area contributed by atoms with E-state index >= 15 is 0 Å². The predicted molar refractivity (Wildman–Crippen MR) is 44.5 cm³/mol. The van der Waals surface area contributed by atoms with Crippen molar-refractivity contribution in [3.05, 3.63) is 33.4 Å². The minimum atomic E-state index is -0.377.